The average molecular weight is 608 g/mol. The third-order valence-corrected chi connectivity index (χ3v) is 11.3. The van der Waals surface area contributed by atoms with Crippen LogP contribution in [0.4, 0.5) is 17.1 Å². The third-order valence-electron chi connectivity index (χ3n) is 10.1. The molecule has 0 amide bonds. The molecule has 2 heterocycles. The summed E-state index contributed by atoms with van der Waals surface area (Å²) in [5.41, 5.74) is 10.4. The van der Waals surface area contributed by atoms with E-state index >= 15 is 0 Å². The average Bonchev–Trinajstić information content (AvgIpc) is 3.74. The van der Waals surface area contributed by atoms with Crippen LogP contribution in [0.25, 0.3) is 64.0 Å². The summed E-state index contributed by atoms with van der Waals surface area (Å²) in [4.78, 5) is 2.43. The Morgan fingerprint density at radius 3 is 2.13 bits per heavy atom. The molecule has 10 rings (SSSR count). The van der Waals surface area contributed by atoms with Gasteiger partial charge in [-0.3, -0.25) is 0 Å². The lowest BCUT2D eigenvalue weighted by molar-refractivity contribution is 0.660. The van der Waals surface area contributed by atoms with Crippen LogP contribution in [0.2, 0.25) is 0 Å². The van der Waals surface area contributed by atoms with E-state index in [1.54, 1.807) is 0 Å². The summed E-state index contributed by atoms with van der Waals surface area (Å²) >= 11 is 1.89. The molecule has 7 aromatic carbocycles. The van der Waals surface area contributed by atoms with Gasteiger partial charge in [-0.25, -0.2) is 0 Å². The fraction of sp³-hybridized carbons (Fsp3) is 0.0698. The number of fused-ring (bicyclic) bond motifs is 11. The Balaban J connectivity index is 1.29. The maximum absolute atomic E-state index is 6.68. The molecule has 9 aromatic rings. The maximum atomic E-state index is 6.68. The monoisotopic (exact) mass is 607 g/mol. The second-order valence-corrected chi connectivity index (χ2v) is 13.9. The fourth-order valence-electron chi connectivity index (χ4n) is 7.84. The van der Waals surface area contributed by atoms with Gasteiger partial charge in [0.2, 0.25) is 0 Å². The predicted octanol–water partition coefficient (Wildman–Crippen LogP) is 12.9. The highest BCUT2D eigenvalue weighted by Crippen LogP contribution is 2.53. The molecule has 0 radical (unpaired) electrons. The topological polar surface area (TPSA) is 16.4 Å². The molecule has 2 nitrogen and oxygen atoms in total. The van der Waals surface area contributed by atoms with Crippen LogP contribution in [0.3, 0.4) is 0 Å². The summed E-state index contributed by atoms with van der Waals surface area (Å²) < 4.78 is 9.28. The second-order valence-electron chi connectivity index (χ2n) is 12.9. The highest BCUT2D eigenvalue weighted by Gasteiger charge is 2.36. The zero-order valence-electron chi connectivity index (χ0n) is 25.5. The Morgan fingerprint density at radius 1 is 0.522 bits per heavy atom. The van der Waals surface area contributed by atoms with E-state index in [2.05, 4.69) is 152 Å². The van der Waals surface area contributed by atoms with E-state index in [1.807, 2.05) is 17.4 Å². The first kappa shape index (κ1) is 25.9. The molecule has 0 aliphatic heterocycles. The summed E-state index contributed by atoms with van der Waals surface area (Å²) in [6, 6.07) is 50.8. The molecule has 0 atom stereocenters. The highest BCUT2D eigenvalue weighted by molar-refractivity contribution is 7.27. The van der Waals surface area contributed by atoms with Gasteiger partial charge in [0.15, 0.2) is 5.58 Å². The van der Waals surface area contributed by atoms with E-state index in [0.717, 1.165) is 39.0 Å². The number of thiophene rings is 1. The molecule has 0 spiro atoms. The quantitative estimate of drug-likeness (QED) is 0.199. The van der Waals surface area contributed by atoms with Crippen molar-refractivity contribution < 1.29 is 4.42 Å². The lowest BCUT2D eigenvalue weighted by Crippen LogP contribution is -2.16. The van der Waals surface area contributed by atoms with E-state index in [-0.39, 0.29) is 5.41 Å². The predicted molar refractivity (Wildman–Crippen MR) is 196 cm³/mol. The fourth-order valence-corrected chi connectivity index (χ4v) is 9.17. The van der Waals surface area contributed by atoms with Crippen molar-refractivity contribution >= 4 is 81.3 Å². The van der Waals surface area contributed by atoms with Gasteiger partial charge in [-0.2, -0.15) is 0 Å². The van der Waals surface area contributed by atoms with E-state index < -0.39 is 0 Å². The Kier molecular flexibility index (Phi) is 5.25. The van der Waals surface area contributed by atoms with Crippen molar-refractivity contribution in [3.05, 3.63) is 151 Å². The number of furan rings is 1. The standard InChI is InChI=1S/C43H29NOS/c1-43(2)35-17-7-5-13-29(35)30-24-22-27(25-36(30)43)44(37-18-9-15-32-31-14-6-8-20-39(31)45-40(32)37)38-19-10-16-33-34-23-21-26-11-3-4-12-28(26)41(34)46-42(33)38/h3-25H,1-2H3. The minimum absolute atomic E-state index is 0.110. The normalized spacial score (nSPS) is 13.6. The summed E-state index contributed by atoms with van der Waals surface area (Å²) in [5.74, 6) is 0. The van der Waals surface area contributed by atoms with Crippen LogP contribution in [-0.2, 0) is 5.41 Å². The summed E-state index contributed by atoms with van der Waals surface area (Å²) in [6.45, 7) is 4.70. The molecule has 3 heteroatoms. The molecule has 218 valence electrons. The molecular formula is C43H29NOS. The van der Waals surface area contributed by atoms with E-state index in [9.17, 15) is 0 Å². The molecule has 0 saturated heterocycles. The van der Waals surface area contributed by atoms with Gasteiger partial charge in [-0.1, -0.05) is 123 Å². The van der Waals surface area contributed by atoms with Crippen LogP contribution in [-0.4, -0.2) is 0 Å². The van der Waals surface area contributed by atoms with Crippen LogP contribution in [0.15, 0.2) is 144 Å². The molecule has 1 aliphatic rings. The molecule has 0 fully saturated rings. The molecule has 0 N–H and O–H groups in total. The van der Waals surface area contributed by atoms with E-state index in [0.29, 0.717) is 0 Å². The minimum Gasteiger partial charge on any atom is -0.454 e. The van der Waals surface area contributed by atoms with Crippen molar-refractivity contribution in [2.24, 2.45) is 0 Å². The number of rotatable bonds is 3. The Morgan fingerprint density at radius 2 is 1.22 bits per heavy atom. The smallest absolute Gasteiger partial charge is 0.159 e. The van der Waals surface area contributed by atoms with Crippen LogP contribution in [0.1, 0.15) is 25.0 Å². The van der Waals surface area contributed by atoms with Crippen LogP contribution in [0.5, 0.6) is 0 Å². The van der Waals surface area contributed by atoms with Gasteiger partial charge in [0.25, 0.3) is 0 Å². The number of benzene rings is 7. The van der Waals surface area contributed by atoms with Gasteiger partial charge in [0, 0.05) is 37.3 Å². The third kappa shape index (κ3) is 3.46. The number of para-hydroxylation sites is 2. The number of anilines is 3. The molecular weight excluding hydrogens is 579 g/mol. The first-order valence-corrected chi connectivity index (χ1v) is 16.7. The van der Waals surface area contributed by atoms with Gasteiger partial charge in [0.1, 0.15) is 5.58 Å². The Hall–Kier alpha value is -5.38. The summed E-state index contributed by atoms with van der Waals surface area (Å²) in [5, 5.41) is 7.41. The first-order valence-electron chi connectivity index (χ1n) is 15.9. The van der Waals surface area contributed by atoms with Crippen molar-refractivity contribution in [3.8, 4) is 11.1 Å². The number of hydrogen-bond acceptors (Lipinski definition) is 3. The van der Waals surface area contributed by atoms with Gasteiger partial charge >= 0.3 is 0 Å². The molecule has 0 saturated carbocycles. The van der Waals surface area contributed by atoms with Gasteiger partial charge < -0.3 is 9.32 Å². The largest absolute Gasteiger partial charge is 0.454 e. The SMILES string of the molecule is CC1(C)c2ccccc2-c2ccc(N(c3cccc4c3oc3ccccc34)c3cccc4c3sc3c5ccccc5ccc43)cc21. The second kappa shape index (κ2) is 9.32. The lowest BCUT2D eigenvalue weighted by atomic mass is 9.82. The molecule has 0 bridgehead atoms. The van der Waals surface area contributed by atoms with Crippen LogP contribution < -0.4 is 4.90 Å². The van der Waals surface area contributed by atoms with Gasteiger partial charge in [-0.15, -0.1) is 11.3 Å². The van der Waals surface area contributed by atoms with Crippen LogP contribution in [0, 0.1) is 0 Å². The number of nitrogens with zero attached hydrogens (tertiary/aromatic N) is 1. The van der Waals surface area contributed by atoms with Crippen molar-refractivity contribution in [2.75, 3.05) is 4.90 Å². The Bertz CT molecular complexity index is 2690. The number of hydrogen-bond donors (Lipinski definition) is 0. The lowest BCUT2D eigenvalue weighted by Gasteiger charge is -2.28. The maximum Gasteiger partial charge on any atom is 0.159 e. The molecule has 46 heavy (non-hydrogen) atoms. The van der Waals surface area contributed by atoms with Crippen molar-refractivity contribution in [1.29, 1.82) is 0 Å². The van der Waals surface area contributed by atoms with Crippen LogP contribution >= 0.6 is 11.3 Å². The van der Waals surface area contributed by atoms with Crippen molar-refractivity contribution in [3.63, 3.8) is 0 Å². The van der Waals surface area contributed by atoms with Crippen molar-refractivity contribution in [2.45, 2.75) is 19.3 Å². The zero-order chi connectivity index (χ0) is 30.6. The van der Waals surface area contributed by atoms with Crippen molar-refractivity contribution in [1.82, 2.24) is 0 Å². The Labute approximate surface area is 270 Å². The highest BCUT2D eigenvalue weighted by atomic mass is 32.1. The zero-order valence-corrected chi connectivity index (χ0v) is 26.4. The van der Waals surface area contributed by atoms with Gasteiger partial charge in [0.05, 0.1) is 16.1 Å². The van der Waals surface area contributed by atoms with Gasteiger partial charge in [-0.05, 0) is 63.4 Å². The van der Waals surface area contributed by atoms with E-state index in [4.69, 9.17) is 4.42 Å². The molecule has 0 unspecified atom stereocenters. The minimum atomic E-state index is -0.110. The molecule has 1 aliphatic carbocycles. The summed E-state index contributed by atoms with van der Waals surface area (Å²) in [7, 11) is 0. The summed E-state index contributed by atoms with van der Waals surface area (Å²) in [6.07, 6.45) is 0. The first-order chi connectivity index (χ1) is 22.6. The molecule has 2 aromatic heterocycles. The van der Waals surface area contributed by atoms with E-state index in [1.165, 1.54) is 53.2 Å².